The first-order valence-corrected chi connectivity index (χ1v) is 6.84. The molecule has 0 spiro atoms. The Morgan fingerprint density at radius 1 is 1.47 bits per heavy atom. The molecule has 1 fully saturated rings. The predicted molar refractivity (Wildman–Crippen MR) is 75.6 cm³/mol. The van der Waals surface area contributed by atoms with Crippen molar-refractivity contribution in [2.45, 2.75) is 13.3 Å². The number of rotatable bonds is 3. The fraction of sp³-hybridized carbons (Fsp3) is 0.385. The molecule has 19 heavy (non-hydrogen) atoms. The zero-order chi connectivity index (χ0) is 14.0. The van der Waals surface area contributed by atoms with Gasteiger partial charge in [-0.05, 0) is 31.5 Å². The quantitative estimate of drug-likeness (QED) is 0.872. The second-order valence-electron chi connectivity index (χ2n) is 4.32. The number of hydrogen-bond acceptors (Lipinski definition) is 2. The molecule has 1 aliphatic heterocycles. The molecule has 102 valence electrons. The average Bonchev–Trinajstić information content (AvgIpc) is 2.74. The number of halogens is 2. The van der Waals surface area contributed by atoms with E-state index < -0.39 is 5.92 Å². The third-order valence-electron chi connectivity index (χ3n) is 3.07. The number of benzene rings is 1. The Morgan fingerprint density at radius 3 is 2.89 bits per heavy atom. The fourth-order valence-corrected chi connectivity index (χ4v) is 2.54. The molecule has 1 heterocycles. The summed E-state index contributed by atoms with van der Waals surface area (Å²) in [6, 6.07) is 4.95. The van der Waals surface area contributed by atoms with Gasteiger partial charge in [0.1, 0.15) is 5.92 Å². The molecule has 4 nitrogen and oxygen atoms in total. The molecule has 0 radical (unpaired) electrons. The van der Waals surface area contributed by atoms with Crippen LogP contribution in [0, 0.1) is 5.92 Å². The Bertz CT molecular complexity index is 519. The average molecular weight is 301 g/mol. The Labute approximate surface area is 121 Å². The molecule has 1 atom stereocenters. The van der Waals surface area contributed by atoms with Crippen molar-refractivity contribution < 1.29 is 9.59 Å². The lowest BCUT2D eigenvalue weighted by molar-refractivity contribution is -0.132. The van der Waals surface area contributed by atoms with Gasteiger partial charge in [-0.3, -0.25) is 9.59 Å². The van der Waals surface area contributed by atoms with Crippen LogP contribution in [-0.4, -0.2) is 24.9 Å². The molecule has 0 saturated carbocycles. The maximum atomic E-state index is 12.2. The highest BCUT2D eigenvalue weighted by Gasteiger charge is 2.38. The van der Waals surface area contributed by atoms with Gasteiger partial charge in [-0.2, -0.15) is 0 Å². The number of hydrogen-bond donors (Lipinski definition) is 1. The van der Waals surface area contributed by atoms with E-state index in [1.165, 1.54) is 4.90 Å². The summed E-state index contributed by atoms with van der Waals surface area (Å²) < 4.78 is 0. The smallest absolute Gasteiger partial charge is 0.239 e. The number of amides is 2. The van der Waals surface area contributed by atoms with Crippen LogP contribution in [0.4, 0.5) is 5.69 Å². The van der Waals surface area contributed by atoms with Gasteiger partial charge in [-0.15, -0.1) is 0 Å². The molecule has 1 N–H and O–H groups in total. The third-order valence-corrected chi connectivity index (χ3v) is 3.63. The van der Waals surface area contributed by atoms with Crippen molar-refractivity contribution >= 4 is 40.7 Å². The molecule has 0 bridgehead atoms. The van der Waals surface area contributed by atoms with E-state index in [1.807, 2.05) is 6.92 Å². The standard InChI is InChI=1S/C13H14Cl2N2O2/c1-2-16-12(18)9-5-6-17(13(9)19)11-7-8(14)3-4-10(11)15/h3-4,7,9H,2,5-6H2,1H3,(H,16,18). The largest absolute Gasteiger partial charge is 0.356 e. The van der Waals surface area contributed by atoms with Gasteiger partial charge >= 0.3 is 0 Å². The highest BCUT2D eigenvalue weighted by Crippen LogP contribution is 2.33. The van der Waals surface area contributed by atoms with Gasteiger partial charge in [0.15, 0.2) is 0 Å². The molecule has 6 heteroatoms. The number of nitrogens with one attached hydrogen (secondary N) is 1. The number of anilines is 1. The Balaban J connectivity index is 2.22. The molecule has 1 aromatic rings. The summed E-state index contributed by atoms with van der Waals surface area (Å²) >= 11 is 12.0. The molecule has 0 aromatic heterocycles. The van der Waals surface area contributed by atoms with E-state index in [4.69, 9.17) is 23.2 Å². The van der Waals surface area contributed by atoms with Crippen molar-refractivity contribution in [1.82, 2.24) is 5.32 Å². The minimum absolute atomic E-state index is 0.227. The van der Waals surface area contributed by atoms with E-state index in [0.29, 0.717) is 35.2 Å². The molecule has 1 unspecified atom stereocenters. The lowest BCUT2D eigenvalue weighted by Crippen LogP contribution is -2.36. The molecular weight excluding hydrogens is 287 g/mol. The van der Waals surface area contributed by atoms with Gasteiger partial charge in [-0.1, -0.05) is 23.2 Å². The highest BCUT2D eigenvalue weighted by atomic mass is 35.5. The van der Waals surface area contributed by atoms with E-state index in [0.717, 1.165) is 0 Å². The summed E-state index contributed by atoms with van der Waals surface area (Å²) in [7, 11) is 0. The van der Waals surface area contributed by atoms with Gasteiger partial charge in [0.05, 0.1) is 10.7 Å². The number of carbonyl (C=O) groups is 2. The number of nitrogens with zero attached hydrogens (tertiary/aromatic N) is 1. The second-order valence-corrected chi connectivity index (χ2v) is 5.17. The minimum Gasteiger partial charge on any atom is -0.356 e. The summed E-state index contributed by atoms with van der Waals surface area (Å²) in [6.07, 6.45) is 0.494. The summed E-state index contributed by atoms with van der Waals surface area (Å²) in [5.74, 6) is -1.08. The third kappa shape index (κ3) is 2.85. The highest BCUT2D eigenvalue weighted by molar-refractivity contribution is 6.36. The van der Waals surface area contributed by atoms with Crippen LogP contribution in [0.25, 0.3) is 0 Å². The normalized spacial score (nSPS) is 18.8. The van der Waals surface area contributed by atoms with Crippen LogP contribution in [0.5, 0.6) is 0 Å². The fourth-order valence-electron chi connectivity index (χ4n) is 2.15. The van der Waals surface area contributed by atoms with Crippen molar-refractivity contribution in [3.05, 3.63) is 28.2 Å². The van der Waals surface area contributed by atoms with Crippen LogP contribution in [0.15, 0.2) is 18.2 Å². The second kappa shape index (κ2) is 5.80. The van der Waals surface area contributed by atoms with Gasteiger partial charge in [0.25, 0.3) is 0 Å². The van der Waals surface area contributed by atoms with Crippen LogP contribution >= 0.6 is 23.2 Å². The van der Waals surface area contributed by atoms with Crippen LogP contribution in [-0.2, 0) is 9.59 Å². The molecule has 1 aromatic carbocycles. The number of carbonyl (C=O) groups excluding carboxylic acids is 2. The van der Waals surface area contributed by atoms with Crippen molar-refractivity contribution in [2.75, 3.05) is 18.0 Å². The Kier molecular flexibility index (Phi) is 4.32. The molecule has 2 rings (SSSR count). The first kappa shape index (κ1) is 14.2. The van der Waals surface area contributed by atoms with Gasteiger partial charge in [0.2, 0.25) is 11.8 Å². The minimum atomic E-state index is -0.630. The molecule has 2 amide bonds. The Hall–Kier alpha value is -1.26. The molecular formula is C13H14Cl2N2O2. The summed E-state index contributed by atoms with van der Waals surface area (Å²) in [5, 5.41) is 3.63. The van der Waals surface area contributed by atoms with E-state index in [2.05, 4.69) is 5.32 Å². The summed E-state index contributed by atoms with van der Waals surface area (Å²) in [5.41, 5.74) is 0.561. The zero-order valence-electron chi connectivity index (χ0n) is 10.5. The first-order valence-electron chi connectivity index (χ1n) is 6.08. The lowest BCUT2D eigenvalue weighted by Gasteiger charge is -2.18. The molecule has 1 saturated heterocycles. The molecule has 0 aliphatic carbocycles. The maximum Gasteiger partial charge on any atom is 0.239 e. The van der Waals surface area contributed by atoms with E-state index in [9.17, 15) is 9.59 Å². The van der Waals surface area contributed by atoms with E-state index in [1.54, 1.807) is 18.2 Å². The van der Waals surface area contributed by atoms with Crippen molar-refractivity contribution in [2.24, 2.45) is 5.92 Å². The maximum absolute atomic E-state index is 12.2. The Morgan fingerprint density at radius 2 is 2.21 bits per heavy atom. The molecule has 1 aliphatic rings. The first-order chi connectivity index (χ1) is 9.04. The van der Waals surface area contributed by atoms with Crippen molar-refractivity contribution in [1.29, 1.82) is 0 Å². The van der Waals surface area contributed by atoms with Crippen LogP contribution in [0.3, 0.4) is 0 Å². The lowest BCUT2D eigenvalue weighted by atomic mass is 10.1. The van der Waals surface area contributed by atoms with Crippen LogP contribution < -0.4 is 10.2 Å². The monoisotopic (exact) mass is 300 g/mol. The SMILES string of the molecule is CCNC(=O)C1CCN(c2cc(Cl)ccc2Cl)C1=O. The predicted octanol–water partition coefficient (Wildman–Crippen LogP) is 2.48. The zero-order valence-corrected chi connectivity index (χ0v) is 12.0. The summed E-state index contributed by atoms with van der Waals surface area (Å²) in [6.45, 7) is 2.81. The topological polar surface area (TPSA) is 49.4 Å². The van der Waals surface area contributed by atoms with Gasteiger partial charge in [0, 0.05) is 18.1 Å². The van der Waals surface area contributed by atoms with Crippen LogP contribution in [0.2, 0.25) is 10.0 Å². The van der Waals surface area contributed by atoms with Gasteiger partial charge in [-0.25, -0.2) is 0 Å². The van der Waals surface area contributed by atoms with E-state index >= 15 is 0 Å². The van der Waals surface area contributed by atoms with Gasteiger partial charge < -0.3 is 10.2 Å². The van der Waals surface area contributed by atoms with E-state index in [-0.39, 0.29) is 11.8 Å². The summed E-state index contributed by atoms with van der Waals surface area (Å²) in [4.78, 5) is 25.5. The van der Waals surface area contributed by atoms with Crippen molar-refractivity contribution in [3.63, 3.8) is 0 Å². The van der Waals surface area contributed by atoms with Crippen molar-refractivity contribution in [3.8, 4) is 0 Å². The van der Waals surface area contributed by atoms with Crippen LogP contribution in [0.1, 0.15) is 13.3 Å².